The zero-order chi connectivity index (χ0) is 13.1. The van der Waals surface area contributed by atoms with Crippen LogP contribution in [0, 0.1) is 0 Å². The topological polar surface area (TPSA) is 26.3 Å². The Kier molecular flexibility index (Phi) is 4.78. The van der Waals surface area contributed by atoms with Crippen molar-refractivity contribution >= 4 is 39.6 Å². The van der Waals surface area contributed by atoms with Gasteiger partial charge in [0.1, 0.15) is 0 Å². The van der Waals surface area contributed by atoms with Crippen LogP contribution in [0.1, 0.15) is 25.0 Å². The van der Waals surface area contributed by atoms with Crippen molar-refractivity contribution in [1.29, 1.82) is 0 Å². The maximum absolute atomic E-state index is 11.1. The second-order valence-electron chi connectivity index (χ2n) is 4.06. The van der Waals surface area contributed by atoms with Gasteiger partial charge in [-0.15, -0.1) is 11.6 Å². The van der Waals surface area contributed by atoms with E-state index in [1.165, 1.54) is 13.2 Å². The summed E-state index contributed by atoms with van der Waals surface area (Å²) in [5.74, 6) is -0.383. The molecule has 0 aliphatic rings. The predicted molar refractivity (Wildman–Crippen MR) is 74.1 cm³/mol. The van der Waals surface area contributed by atoms with E-state index in [0.29, 0.717) is 0 Å². The first-order valence-electron chi connectivity index (χ1n) is 5.09. The molecule has 1 aromatic carbocycles. The number of methoxy groups -OCH3 is 1. The smallest absolute Gasteiger partial charge is 0.330 e. The minimum Gasteiger partial charge on any atom is -0.466 e. The van der Waals surface area contributed by atoms with E-state index in [1.54, 1.807) is 6.08 Å². The lowest BCUT2D eigenvalue weighted by molar-refractivity contribution is -0.134. The van der Waals surface area contributed by atoms with Crippen LogP contribution in [-0.2, 0) is 14.4 Å². The molecule has 0 unspecified atom stereocenters. The molecule has 1 aromatic rings. The van der Waals surface area contributed by atoms with Crippen molar-refractivity contribution in [3.8, 4) is 0 Å². The molecule has 1 rings (SSSR count). The van der Waals surface area contributed by atoms with E-state index in [0.717, 1.165) is 15.6 Å². The predicted octanol–water partition coefficient (Wildman–Crippen LogP) is 4.11. The molecule has 0 amide bonds. The summed E-state index contributed by atoms with van der Waals surface area (Å²) in [4.78, 5) is 10.6. The number of hydrogen-bond acceptors (Lipinski definition) is 2. The molecule has 17 heavy (non-hydrogen) atoms. The van der Waals surface area contributed by atoms with Crippen LogP contribution in [0.15, 0.2) is 28.7 Å². The lowest BCUT2D eigenvalue weighted by Gasteiger charge is -2.19. The van der Waals surface area contributed by atoms with Crippen molar-refractivity contribution in [2.45, 2.75) is 18.7 Å². The molecule has 0 N–H and O–H groups in total. The van der Waals surface area contributed by atoms with Crippen molar-refractivity contribution in [2.75, 3.05) is 7.11 Å². The van der Waals surface area contributed by atoms with E-state index in [2.05, 4.69) is 20.7 Å². The lowest BCUT2D eigenvalue weighted by atomic mass is 9.96. The number of rotatable bonds is 3. The van der Waals surface area contributed by atoms with Gasteiger partial charge in [0.05, 0.1) is 12.0 Å². The summed E-state index contributed by atoms with van der Waals surface area (Å²) >= 11 is 9.72. The van der Waals surface area contributed by atoms with Crippen LogP contribution < -0.4 is 0 Å². The van der Waals surface area contributed by atoms with Gasteiger partial charge in [0.25, 0.3) is 0 Å². The monoisotopic (exact) mass is 316 g/mol. The van der Waals surface area contributed by atoms with Gasteiger partial charge in [-0.1, -0.05) is 22.0 Å². The second kappa shape index (κ2) is 5.69. The summed E-state index contributed by atoms with van der Waals surface area (Å²) in [6.45, 7) is 3.82. The zero-order valence-corrected chi connectivity index (χ0v) is 12.3. The van der Waals surface area contributed by atoms with Crippen LogP contribution in [0.5, 0.6) is 0 Å². The summed E-state index contributed by atoms with van der Waals surface area (Å²) in [6, 6.07) is 5.76. The van der Waals surface area contributed by atoms with Gasteiger partial charge >= 0.3 is 5.97 Å². The Morgan fingerprint density at radius 1 is 1.47 bits per heavy atom. The molecule has 0 radical (unpaired) electrons. The highest BCUT2D eigenvalue weighted by Crippen LogP contribution is 2.33. The van der Waals surface area contributed by atoms with Crippen molar-refractivity contribution in [3.05, 3.63) is 39.9 Å². The Morgan fingerprint density at radius 2 is 2.12 bits per heavy atom. The molecule has 0 saturated heterocycles. The second-order valence-corrected chi connectivity index (χ2v) is 5.92. The summed E-state index contributed by atoms with van der Waals surface area (Å²) in [7, 11) is 1.35. The molecular weight excluding hydrogens is 303 g/mol. The van der Waals surface area contributed by atoms with Crippen LogP contribution in [0.3, 0.4) is 0 Å². The van der Waals surface area contributed by atoms with Crippen molar-refractivity contribution in [3.63, 3.8) is 0 Å². The quantitative estimate of drug-likeness (QED) is 0.476. The number of alkyl halides is 1. The maximum Gasteiger partial charge on any atom is 0.330 e. The van der Waals surface area contributed by atoms with Gasteiger partial charge in [0, 0.05) is 10.5 Å². The van der Waals surface area contributed by atoms with Gasteiger partial charge in [0.15, 0.2) is 0 Å². The summed E-state index contributed by atoms with van der Waals surface area (Å²) in [5.41, 5.74) is 1.85. The normalized spacial score (nSPS) is 11.8. The first kappa shape index (κ1) is 14.3. The Bertz CT molecular complexity index is 447. The van der Waals surface area contributed by atoms with E-state index >= 15 is 0 Å². The molecule has 4 heteroatoms. The zero-order valence-electron chi connectivity index (χ0n) is 9.96. The molecule has 2 nitrogen and oxygen atoms in total. The molecule has 92 valence electrons. The van der Waals surface area contributed by atoms with Crippen LogP contribution >= 0.6 is 27.5 Å². The van der Waals surface area contributed by atoms with Gasteiger partial charge < -0.3 is 4.74 Å². The van der Waals surface area contributed by atoms with E-state index in [9.17, 15) is 4.79 Å². The van der Waals surface area contributed by atoms with Crippen LogP contribution in [0.25, 0.3) is 6.08 Å². The van der Waals surface area contributed by atoms with Crippen molar-refractivity contribution < 1.29 is 9.53 Å². The highest BCUT2D eigenvalue weighted by Gasteiger charge is 2.19. The highest BCUT2D eigenvalue weighted by atomic mass is 79.9. The largest absolute Gasteiger partial charge is 0.466 e. The fourth-order valence-corrected chi connectivity index (χ4v) is 1.94. The average Bonchev–Trinajstić information content (AvgIpc) is 2.25. The molecule has 0 spiro atoms. The Morgan fingerprint density at radius 3 is 2.65 bits per heavy atom. The lowest BCUT2D eigenvalue weighted by Crippen LogP contribution is -2.09. The van der Waals surface area contributed by atoms with E-state index in [-0.39, 0.29) is 5.97 Å². The van der Waals surface area contributed by atoms with E-state index in [4.69, 9.17) is 11.6 Å². The van der Waals surface area contributed by atoms with Gasteiger partial charge in [-0.3, -0.25) is 0 Å². The first-order chi connectivity index (χ1) is 7.84. The number of carbonyl (C=O) groups excluding carboxylic acids is 1. The molecule has 0 saturated carbocycles. The fourth-order valence-electron chi connectivity index (χ4n) is 1.41. The third kappa shape index (κ3) is 4.17. The maximum atomic E-state index is 11.1. The summed E-state index contributed by atoms with van der Waals surface area (Å²) in [6.07, 6.45) is 3.09. The van der Waals surface area contributed by atoms with E-state index < -0.39 is 4.87 Å². The highest BCUT2D eigenvalue weighted by molar-refractivity contribution is 9.10. The van der Waals surface area contributed by atoms with Gasteiger partial charge in [-0.05, 0) is 43.2 Å². The number of esters is 1. The Balaban J connectivity index is 3.16. The molecule has 0 aliphatic carbocycles. The third-order valence-electron chi connectivity index (χ3n) is 2.26. The Labute approximate surface area is 115 Å². The number of ether oxygens (including phenoxy) is 1. The molecular formula is C13H14BrClO2. The SMILES string of the molecule is COC(=O)/C=C/c1ccc(Br)cc1C(C)(C)Cl. The standard InChI is InChI=1S/C13H14BrClO2/c1-13(2,15)11-8-10(14)6-4-9(11)5-7-12(16)17-3/h4-8H,1-3H3/b7-5+. The van der Waals surface area contributed by atoms with Gasteiger partial charge in [-0.2, -0.15) is 0 Å². The van der Waals surface area contributed by atoms with Crippen LogP contribution in [-0.4, -0.2) is 13.1 Å². The molecule has 0 heterocycles. The third-order valence-corrected chi connectivity index (χ3v) is 2.95. The minimum absolute atomic E-state index is 0.383. The molecule has 0 atom stereocenters. The number of carbonyl (C=O) groups is 1. The summed E-state index contributed by atoms with van der Waals surface area (Å²) < 4.78 is 5.51. The molecule has 0 bridgehead atoms. The van der Waals surface area contributed by atoms with Crippen LogP contribution in [0.4, 0.5) is 0 Å². The molecule has 0 aliphatic heterocycles. The number of hydrogen-bond donors (Lipinski definition) is 0. The fraction of sp³-hybridized carbons (Fsp3) is 0.308. The average molecular weight is 318 g/mol. The minimum atomic E-state index is -0.500. The molecule has 0 fully saturated rings. The first-order valence-corrected chi connectivity index (χ1v) is 6.26. The van der Waals surface area contributed by atoms with Gasteiger partial charge in [0.2, 0.25) is 0 Å². The van der Waals surface area contributed by atoms with Crippen LogP contribution in [0.2, 0.25) is 0 Å². The number of halogens is 2. The van der Waals surface area contributed by atoms with Crippen molar-refractivity contribution in [2.24, 2.45) is 0 Å². The number of benzene rings is 1. The Hall–Kier alpha value is -0.800. The van der Waals surface area contributed by atoms with Gasteiger partial charge in [-0.25, -0.2) is 4.79 Å². The summed E-state index contributed by atoms with van der Waals surface area (Å²) in [5, 5.41) is 0. The van der Waals surface area contributed by atoms with Crippen molar-refractivity contribution in [1.82, 2.24) is 0 Å². The molecule has 0 aromatic heterocycles. The van der Waals surface area contributed by atoms with E-state index in [1.807, 2.05) is 32.0 Å².